The van der Waals surface area contributed by atoms with E-state index in [0.29, 0.717) is 23.7 Å². The van der Waals surface area contributed by atoms with Gasteiger partial charge in [0.1, 0.15) is 12.0 Å². The third-order valence-corrected chi connectivity index (χ3v) is 4.74. The van der Waals surface area contributed by atoms with Gasteiger partial charge in [-0.25, -0.2) is 4.99 Å². The van der Waals surface area contributed by atoms with Gasteiger partial charge in [0, 0.05) is 23.9 Å². The molecule has 0 fully saturated rings. The predicted octanol–water partition coefficient (Wildman–Crippen LogP) is 1.45. The highest BCUT2D eigenvalue weighted by Gasteiger charge is 2.27. The number of hydrogen-bond donors (Lipinski definition) is 0. The first-order valence-electron chi connectivity index (χ1n) is 8.12. The number of aromatic nitrogens is 1. The van der Waals surface area contributed by atoms with E-state index in [1.54, 1.807) is 12.3 Å². The van der Waals surface area contributed by atoms with Crippen LogP contribution in [0.25, 0.3) is 16.8 Å². The molecule has 24 heavy (non-hydrogen) atoms. The van der Waals surface area contributed by atoms with Crippen LogP contribution in [0.4, 0.5) is 5.69 Å². The molecule has 0 N–H and O–H groups in total. The molecule has 0 unspecified atom stereocenters. The minimum absolute atomic E-state index is 0.00750. The fourth-order valence-electron chi connectivity index (χ4n) is 3.68. The van der Waals surface area contributed by atoms with Crippen molar-refractivity contribution in [2.75, 3.05) is 11.6 Å². The van der Waals surface area contributed by atoms with Crippen LogP contribution in [0.2, 0.25) is 0 Å². The number of benzene rings is 1. The first-order chi connectivity index (χ1) is 11.8. The summed E-state index contributed by atoms with van der Waals surface area (Å²) >= 11 is 0. The van der Waals surface area contributed by atoms with Crippen molar-refractivity contribution in [3.05, 3.63) is 68.6 Å². The van der Waals surface area contributed by atoms with E-state index in [2.05, 4.69) is 11.1 Å². The highest BCUT2D eigenvalue weighted by atomic mass is 16.7. The Balaban J connectivity index is 1.95. The van der Waals surface area contributed by atoms with Crippen LogP contribution >= 0.6 is 0 Å². The van der Waals surface area contributed by atoms with Gasteiger partial charge in [-0.2, -0.15) is 0 Å². The Kier molecular flexibility index (Phi) is 2.76. The van der Waals surface area contributed by atoms with E-state index in [4.69, 9.17) is 9.83 Å². The van der Waals surface area contributed by atoms with Crippen molar-refractivity contribution in [3.63, 3.8) is 0 Å². The van der Waals surface area contributed by atoms with Crippen LogP contribution in [0.15, 0.2) is 52.0 Å². The average Bonchev–Trinajstić information content (AvgIpc) is 3.13. The molecule has 2 aliphatic carbocycles. The summed E-state index contributed by atoms with van der Waals surface area (Å²) in [5, 5.41) is 3.23. The maximum absolute atomic E-state index is 12.9. The van der Waals surface area contributed by atoms with Crippen molar-refractivity contribution in [2.45, 2.75) is 20.0 Å². The zero-order chi connectivity index (χ0) is 16.3. The molecule has 5 heteroatoms. The third-order valence-electron chi connectivity index (χ3n) is 4.74. The van der Waals surface area contributed by atoms with Crippen LogP contribution < -0.4 is 21.1 Å². The summed E-state index contributed by atoms with van der Waals surface area (Å²) in [4.78, 5) is 27.9. The Morgan fingerprint density at radius 3 is 3.17 bits per heavy atom. The van der Waals surface area contributed by atoms with E-state index >= 15 is 0 Å². The van der Waals surface area contributed by atoms with Gasteiger partial charge in [0.2, 0.25) is 0 Å². The van der Waals surface area contributed by atoms with Crippen molar-refractivity contribution >= 4 is 11.3 Å². The van der Waals surface area contributed by atoms with E-state index in [0.717, 1.165) is 40.2 Å². The molecule has 5 nitrogen and oxygen atoms in total. The van der Waals surface area contributed by atoms with Gasteiger partial charge < -0.3 is 0 Å². The molecule has 0 atom stereocenters. The zero-order valence-electron chi connectivity index (χ0n) is 13.2. The molecule has 0 radical (unpaired) electrons. The standard InChI is InChI=1S/C19H15N3O2/c1-2-22-19-11(10-24-22)7-8-20-17-13(19)9-15(23)16-12-5-3-4-6-14(12)21-18(16)17/h3-4,6-9H,2,5,10H2,1H3. The molecule has 0 spiro atoms. The van der Waals surface area contributed by atoms with Crippen LogP contribution in [-0.4, -0.2) is 11.5 Å². The largest absolute Gasteiger partial charge is 0.289 e. The van der Waals surface area contributed by atoms with Crippen molar-refractivity contribution < 1.29 is 4.84 Å². The molecule has 3 heterocycles. The van der Waals surface area contributed by atoms with Crippen LogP contribution in [0.1, 0.15) is 18.9 Å². The molecule has 3 aliphatic heterocycles. The molecule has 0 amide bonds. The maximum atomic E-state index is 12.9. The summed E-state index contributed by atoms with van der Waals surface area (Å²) in [5.41, 5.74) is 5.45. The molecule has 5 aliphatic rings. The Labute approximate surface area is 138 Å². The van der Waals surface area contributed by atoms with Crippen molar-refractivity contribution in [3.8, 4) is 11.3 Å². The van der Waals surface area contributed by atoms with Gasteiger partial charge >= 0.3 is 0 Å². The van der Waals surface area contributed by atoms with Gasteiger partial charge in [0.05, 0.1) is 22.3 Å². The SMILES string of the molecule is CCN1OCc2ccnc3c4c(c(=O)cc-3c21)=C1CC=CC=C1N=4. The normalized spacial score (nSPS) is 17.5. The Hall–Kier alpha value is -2.79. The van der Waals surface area contributed by atoms with E-state index in [9.17, 15) is 4.79 Å². The maximum Gasteiger partial charge on any atom is 0.189 e. The summed E-state index contributed by atoms with van der Waals surface area (Å²) in [7, 11) is 0. The topological polar surface area (TPSA) is 54.8 Å². The second-order valence-electron chi connectivity index (χ2n) is 6.06. The molecule has 0 aromatic heterocycles. The molecule has 0 saturated carbocycles. The van der Waals surface area contributed by atoms with Crippen molar-refractivity contribution in [1.29, 1.82) is 0 Å². The number of fused-ring (bicyclic) bond motifs is 6. The molecular weight excluding hydrogens is 302 g/mol. The van der Waals surface area contributed by atoms with Gasteiger partial charge in [-0.3, -0.25) is 19.7 Å². The summed E-state index contributed by atoms with van der Waals surface area (Å²) in [6, 6.07) is 3.65. The first kappa shape index (κ1) is 13.6. The van der Waals surface area contributed by atoms with Gasteiger partial charge in [0.25, 0.3) is 0 Å². The van der Waals surface area contributed by atoms with Gasteiger partial charge in [-0.05, 0) is 37.1 Å². The molecule has 0 bridgehead atoms. The quantitative estimate of drug-likeness (QED) is 0.799. The lowest BCUT2D eigenvalue weighted by molar-refractivity contribution is 0.120. The predicted molar refractivity (Wildman–Crippen MR) is 91.0 cm³/mol. The Bertz CT molecular complexity index is 1100. The van der Waals surface area contributed by atoms with E-state index in [1.807, 2.05) is 30.2 Å². The smallest absolute Gasteiger partial charge is 0.189 e. The number of allylic oxidation sites excluding steroid dienone is 4. The number of anilines is 1. The minimum Gasteiger partial charge on any atom is -0.289 e. The number of nitrogens with zero attached hydrogens (tertiary/aromatic N) is 3. The molecule has 0 aromatic rings. The highest BCUT2D eigenvalue weighted by molar-refractivity contribution is 5.81. The second-order valence-corrected chi connectivity index (χ2v) is 6.06. The van der Waals surface area contributed by atoms with E-state index in [-0.39, 0.29) is 5.43 Å². The number of rotatable bonds is 1. The fraction of sp³-hybridized carbons (Fsp3) is 0.211. The van der Waals surface area contributed by atoms with E-state index in [1.165, 1.54) is 0 Å². The molecule has 5 rings (SSSR count). The van der Waals surface area contributed by atoms with Crippen molar-refractivity contribution in [2.24, 2.45) is 4.99 Å². The van der Waals surface area contributed by atoms with Gasteiger partial charge in [-0.15, -0.1) is 0 Å². The summed E-state index contributed by atoms with van der Waals surface area (Å²) in [5.74, 6) is 0. The lowest BCUT2D eigenvalue weighted by Gasteiger charge is -2.17. The third kappa shape index (κ3) is 1.70. The summed E-state index contributed by atoms with van der Waals surface area (Å²) < 4.78 is 0. The number of hydroxylamine groups is 1. The van der Waals surface area contributed by atoms with Gasteiger partial charge in [-0.1, -0.05) is 12.2 Å². The summed E-state index contributed by atoms with van der Waals surface area (Å²) in [6.45, 7) is 3.24. The lowest BCUT2D eigenvalue weighted by Crippen LogP contribution is -2.40. The number of hydrogen-bond acceptors (Lipinski definition) is 5. The van der Waals surface area contributed by atoms with Gasteiger partial charge in [0.15, 0.2) is 5.43 Å². The fourth-order valence-corrected chi connectivity index (χ4v) is 3.68. The lowest BCUT2D eigenvalue weighted by atomic mass is 10.00. The minimum atomic E-state index is 0.00750. The first-order valence-corrected chi connectivity index (χ1v) is 8.12. The average molecular weight is 317 g/mol. The van der Waals surface area contributed by atoms with Crippen molar-refractivity contribution in [1.82, 2.24) is 4.98 Å². The Morgan fingerprint density at radius 1 is 1.38 bits per heavy atom. The second kappa shape index (κ2) is 4.85. The van der Waals surface area contributed by atoms with E-state index < -0.39 is 0 Å². The van der Waals surface area contributed by atoms with Crippen LogP contribution in [0.5, 0.6) is 0 Å². The summed E-state index contributed by atoms with van der Waals surface area (Å²) in [6.07, 6.45) is 8.51. The molecular formula is C19H15N3O2. The zero-order valence-corrected chi connectivity index (χ0v) is 13.2. The molecule has 0 aromatic carbocycles. The molecule has 0 saturated heterocycles. The van der Waals surface area contributed by atoms with Crippen LogP contribution in [0, 0.1) is 0 Å². The van der Waals surface area contributed by atoms with Crippen LogP contribution in [0.3, 0.4) is 0 Å². The molecule has 118 valence electrons. The van der Waals surface area contributed by atoms with Crippen LogP contribution in [-0.2, 0) is 11.4 Å². The highest BCUT2D eigenvalue weighted by Crippen LogP contribution is 2.36. The Morgan fingerprint density at radius 2 is 2.29 bits per heavy atom. The monoisotopic (exact) mass is 317 g/mol.